The van der Waals surface area contributed by atoms with Gasteiger partial charge in [-0.3, -0.25) is 4.90 Å². The second-order valence-electron chi connectivity index (χ2n) is 5.54. The Morgan fingerprint density at radius 2 is 1.76 bits per heavy atom. The maximum atomic E-state index is 6.11. The van der Waals surface area contributed by atoms with Crippen LogP contribution in [0.15, 0.2) is 42.5 Å². The molecule has 0 aliphatic carbocycles. The van der Waals surface area contributed by atoms with Gasteiger partial charge in [0.1, 0.15) is 0 Å². The number of hydrogen-bond acceptors (Lipinski definition) is 2. The molecule has 1 aliphatic rings. The molecule has 2 aromatic rings. The summed E-state index contributed by atoms with van der Waals surface area (Å²) >= 11 is 6.11. The summed E-state index contributed by atoms with van der Waals surface area (Å²) in [6.45, 7) is 6.86. The number of nitrogens with zero attached hydrogens (tertiary/aromatic N) is 1. The van der Waals surface area contributed by atoms with Crippen LogP contribution in [0, 0.1) is 6.92 Å². The number of ether oxygens (including phenoxy) is 1. The Balaban J connectivity index is 1.75. The van der Waals surface area contributed by atoms with E-state index in [2.05, 4.69) is 42.2 Å². The molecule has 0 saturated carbocycles. The van der Waals surface area contributed by atoms with Gasteiger partial charge in [0.05, 0.1) is 13.2 Å². The van der Waals surface area contributed by atoms with Crippen molar-refractivity contribution < 1.29 is 4.74 Å². The number of hydrogen-bond donors (Lipinski definition) is 0. The molecular weight excluding hydrogens is 282 g/mol. The lowest BCUT2D eigenvalue weighted by atomic mass is 9.99. The van der Waals surface area contributed by atoms with E-state index in [1.807, 2.05) is 12.1 Å². The first-order valence-electron chi connectivity index (χ1n) is 7.38. The van der Waals surface area contributed by atoms with Crippen molar-refractivity contribution in [2.24, 2.45) is 0 Å². The molecular formula is C18H20ClNO. The van der Waals surface area contributed by atoms with Crippen molar-refractivity contribution in [1.82, 2.24) is 4.90 Å². The average Bonchev–Trinajstić information content (AvgIpc) is 2.52. The van der Waals surface area contributed by atoms with Crippen LogP contribution in [0.2, 0.25) is 5.02 Å². The van der Waals surface area contributed by atoms with Crippen molar-refractivity contribution in [2.45, 2.75) is 13.5 Å². The van der Waals surface area contributed by atoms with E-state index in [0.29, 0.717) is 0 Å². The van der Waals surface area contributed by atoms with Crippen LogP contribution < -0.4 is 0 Å². The number of benzene rings is 2. The molecule has 2 nitrogen and oxygen atoms in total. The van der Waals surface area contributed by atoms with E-state index in [-0.39, 0.29) is 0 Å². The second-order valence-corrected chi connectivity index (χ2v) is 5.98. The summed E-state index contributed by atoms with van der Waals surface area (Å²) in [6, 6.07) is 14.8. The van der Waals surface area contributed by atoms with Gasteiger partial charge in [-0.05, 0) is 41.3 Å². The van der Waals surface area contributed by atoms with Gasteiger partial charge in [0.15, 0.2) is 0 Å². The van der Waals surface area contributed by atoms with Crippen LogP contribution in [0.25, 0.3) is 11.1 Å². The lowest BCUT2D eigenvalue weighted by Crippen LogP contribution is -2.35. The standard InChI is InChI=1S/C18H20ClNO/c1-14-2-7-17(19)12-18(14)16-5-3-15(4-6-16)13-20-8-10-21-11-9-20/h2-7,12H,8-11,13H2,1H3. The Labute approximate surface area is 131 Å². The Morgan fingerprint density at radius 3 is 2.48 bits per heavy atom. The monoisotopic (exact) mass is 301 g/mol. The summed E-state index contributed by atoms with van der Waals surface area (Å²) in [5, 5.41) is 0.785. The summed E-state index contributed by atoms with van der Waals surface area (Å²) in [5.74, 6) is 0. The molecule has 2 aromatic carbocycles. The van der Waals surface area contributed by atoms with Crippen LogP contribution in [0.5, 0.6) is 0 Å². The third-order valence-electron chi connectivity index (χ3n) is 3.97. The summed E-state index contributed by atoms with van der Waals surface area (Å²) in [5.41, 5.74) is 5.03. The van der Waals surface area contributed by atoms with Gasteiger partial charge in [-0.25, -0.2) is 0 Å². The Morgan fingerprint density at radius 1 is 1.05 bits per heavy atom. The van der Waals surface area contributed by atoms with Gasteiger partial charge in [-0.2, -0.15) is 0 Å². The third-order valence-corrected chi connectivity index (χ3v) is 4.21. The average molecular weight is 302 g/mol. The predicted octanol–water partition coefficient (Wildman–Crippen LogP) is 4.15. The SMILES string of the molecule is Cc1ccc(Cl)cc1-c1ccc(CN2CCOCC2)cc1. The van der Waals surface area contributed by atoms with Crippen LogP contribution in [-0.4, -0.2) is 31.2 Å². The lowest BCUT2D eigenvalue weighted by molar-refractivity contribution is 0.0342. The molecule has 3 rings (SSSR count). The molecule has 0 atom stereocenters. The third kappa shape index (κ3) is 3.65. The van der Waals surface area contributed by atoms with Gasteiger partial charge in [0, 0.05) is 24.7 Å². The van der Waals surface area contributed by atoms with Crippen molar-refractivity contribution in [2.75, 3.05) is 26.3 Å². The lowest BCUT2D eigenvalue weighted by Gasteiger charge is -2.26. The minimum atomic E-state index is 0.785. The molecule has 0 radical (unpaired) electrons. The minimum absolute atomic E-state index is 0.785. The molecule has 3 heteroatoms. The van der Waals surface area contributed by atoms with Gasteiger partial charge in [-0.1, -0.05) is 41.9 Å². The predicted molar refractivity (Wildman–Crippen MR) is 87.7 cm³/mol. The Bertz CT molecular complexity index is 603. The molecule has 1 aliphatic heterocycles. The highest BCUT2D eigenvalue weighted by atomic mass is 35.5. The van der Waals surface area contributed by atoms with E-state index in [4.69, 9.17) is 16.3 Å². The molecule has 0 unspecified atom stereocenters. The van der Waals surface area contributed by atoms with E-state index >= 15 is 0 Å². The van der Waals surface area contributed by atoms with Crippen molar-refractivity contribution in [3.05, 3.63) is 58.6 Å². The van der Waals surface area contributed by atoms with Crippen LogP contribution in [0.3, 0.4) is 0 Å². The zero-order valence-corrected chi connectivity index (χ0v) is 13.1. The molecule has 1 heterocycles. The van der Waals surface area contributed by atoms with Gasteiger partial charge in [0.25, 0.3) is 0 Å². The molecule has 0 amide bonds. The summed E-state index contributed by atoms with van der Waals surface area (Å²) in [7, 11) is 0. The molecule has 110 valence electrons. The van der Waals surface area contributed by atoms with Gasteiger partial charge >= 0.3 is 0 Å². The number of rotatable bonds is 3. The fraction of sp³-hybridized carbons (Fsp3) is 0.333. The minimum Gasteiger partial charge on any atom is -0.379 e. The van der Waals surface area contributed by atoms with E-state index < -0.39 is 0 Å². The van der Waals surface area contributed by atoms with Crippen LogP contribution in [0.1, 0.15) is 11.1 Å². The van der Waals surface area contributed by atoms with Crippen molar-refractivity contribution in [3.63, 3.8) is 0 Å². The van der Waals surface area contributed by atoms with Gasteiger partial charge in [-0.15, -0.1) is 0 Å². The smallest absolute Gasteiger partial charge is 0.0594 e. The quantitative estimate of drug-likeness (QED) is 0.844. The molecule has 1 saturated heterocycles. The van der Waals surface area contributed by atoms with Crippen molar-refractivity contribution in [3.8, 4) is 11.1 Å². The topological polar surface area (TPSA) is 12.5 Å². The number of halogens is 1. The first-order valence-corrected chi connectivity index (χ1v) is 7.76. The largest absolute Gasteiger partial charge is 0.379 e. The maximum absolute atomic E-state index is 6.11. The van der Waals surface area contributed by atoms with E-state index in [9.17, 15) is 0 Å². The zero-order valence-electron chi connectivity index (χ0n) is 12.3. The zero-order chi connectivity index (χ0) is 14.7. The fourth-order valence-corrected chi connectivity index (χ4v) is 2.88. The van der Waals surface area contributed by atoms with Gasteiger partial charge in [0.2, 0.25) is 0 Å². The molecule has 0 aromatic heterocycles. The van der Waals surface area contributed by atoms with E-state index in [1.165, 1.54) is 22.3 Å². The first-order chi connectivity index (χ1) is 10.2. The first kappa shape index (κ1) is 14.6. The summed E-state index contributed by atoms with van der Waals surface area (Å²) in [6.07, 6.45) is 0. The molecule has 0 spiro atoms. The highest BCUT2D eigenvalue weighted by Gasteiger charge is 2.10. The summed E-state index contributed by atoms with van der Waals surface area (Å²) < 4.78 is 5.38. The highest BCUT2D eigenvalue weighted by molar-refractivity contribution is 6.30. The maximum Gasteiger partial charge on any atom is 0.0594 e. The number of aryl methyl sites for hydroxylation is 1. The normalized spacial score (nSPS) is 16.1. The molecule has 1 fully saturated rings. The highest BCUT2D eigenvalue weighted by Crippen LogP contribution is 2.27. The Kier molecular flexibility index (Phi) is 4.59. The molecule has 21 heavy (non-hydrogen) atoms. The second kappa shape index (κ2) is 6.61. The van der Waals surface area contributed by atoms with Crippen LogP contribution in [0.4, 0.5) is 0 Å². The summed E-state index contributed by atoms with van der Waals surface area (Å²) in [4.78, 5) is 2.43. The number of morpholine rings is 1. The van der Waals surface area contributed by atoms with Crippen LogP contribution in [-0.2, 0) is 11.3 Å². The van der Waals surface area contributed by atoms with Gasteiger partial charge < -0.3 is 4.74 Å². The molecule has 0 N–H and O–H groups in total. The Hall–Kier alpha value is -1.35. The fourth-order valence-electron chi connectivity index (χ4n) is 2.71. The van der Waals surface area contributed by atoms with E-state index in [0.717, 1.165) is 37.9 Å². The van der Waals surface area contributed by atoms with E-state index in [1.54, 1.807) is 0 Å². The van der Waals surface area contributed by atoms with Crippen molar-refractivity contribution in [1.29, 1.82) is 0 Å². The van der Waals surface area contributed by atoms with Crippen molar-refractivity contribution >= 4 is 11.6 Å². The molecule has 0 bridgehead atoms. The van der Waals surface area contributed by atoms with Crippen LogP contribution >= 0.6 is 11.6 Å².